The van der Waals surface area contributed by atoms with Crippen molar-refractivity contribution in [3.8, 4) is 0 Å². The van der Waals surface area contributed by atoms with E-state index in [1.165, 1.54) is 0 Å². The molecule has 9 heteroatoms. The Kier molecular flexibility index (Phi) is 4.74. The van der Waals surface area contributed by atoms with Crippen LogP contribution in [0.1, 0.15) is 35.4 Å². The van der Waals surface area contributed by atoms with Crippen LogP contribution in [0.25, 0.3) is 0 Å². The van der Waals surface area contributed by atoms with Crippen molar-refractivity contribution in [2.75, 3.05) is 18.4 Å². The normalized spacial score (nSPS) is 18.0. The van der Waals surface area contributed by atoms with Crippen LogP contribution in [0, 0.1) is 0 Å². The minimum Gasteiger partial charge on any atom is -0.362 e. The first-order chi connectivity index (χ1) is 12.9. The average molecular weight is 409 g/mol. The van der Waals surface area contributed by atoms with Crippen LogP contribution in [-0.2, 0) is 11.2 Å². The van der Waals surface area contributed by atoms with E-state index >= 15 is 0 Å². The summed E-state index contributed by atoms with van der Waals surface area (Å²) in [7, 11) is 0. The number of fused-ring (bicyclic) bond motifs is 1. The van der Waals surface area contributed by atoms with Gasteiger partial charge in [-0.05, 0) is 18.2 Å². The minimum atomic E-state index is -0.535. The third-order valence-electron chi connectivity index (χ3n) is 5.04. The number of hydrogen-bond acceptors (Lipinski definition) is 5. The van der Waals surface area contributed by atoms with Crippen LogP contribution in [0.4, 0.5) is 5.69 Å². The molecule has 2 aliphatic heterocycles. The van der Waals surface area contributed by atoms with Crippen molar-refractivity contribution in [3.63, 3.8) is 0 Å². The van der Waals surface area contributed by atoms with Gasteiger partial charge in [0.1, 0.15) is 11.4 Å². The number of carbonyl (C=O) groups excluding carboxylic acids is 2. The summed E-state index contributed by atoms with van der Waals surface area (Å²) in [5.74, 6) is 0.498. The summed E-state index contributed by atoms with van der Waals surface area (Å²) in [6.07, 6.45) is 2.05. The van der Waals surface area contributed by atoms with Gasteiger partial charge in [0.15, 0.2) is 5.15 Å². The van der Waals surface area contributed by atoms with E-state index in [9.17, 15) is 9.59 Å². The van der Waals surface area contributed by atoms with Crippen molar-refractivity contribution in [1.29, 1.82) is 0 Å². The molecule has 0 aliphatic carbocycles. The zero-order valence-electron chi connectivity index (χ0n) is 14.4. The number of aryl methyl sites for hydroxylation is 1. The van der Waals surface area contributed by atoms with Gasteiger partial charge in [-0.3, -0.25) is 9.59 Å². The van der Waals surface area contributed by atoms with Crippen molar-refractivity contribution < 1.29 is 14.1 Å². The van der Waals surface area contributed by atoms with Gasteiger partial charge in [-0.2, -0.15) is 0 Å². The lowest BCUT2D eigenvalue weighted by Crippen LogP contribution is -2.62. The second-order valence-electron chi connectivity index (χ2n) is 6.85. The summed E-state index contributed by atoms with van der Waals surface area (Å²) in [5.41, 5.74) is 0.773. The van der Waals surface area contributed by atoms with E-state index in [1.807, 2.05) is 11.0 Å². The van der Waals surface area contributed by atoms with Gasteiger partial charge < -0.3 is 20.1 Å². The molecule has 142 valence electrons. The van der Waals surface area contributed by atoms with Gasteiger partial charge in [0, 0.05) is 55.5 Å². The van der Waals surface area contributed by atoms with Gasteiger partial charge in [-0.25, -0.2) is 0 Å². The van der Waals surface area contributed by atoms with E-state index in [0.717, 1.165) is 5.69 Å². The van der Waals surface area contributed by atoms with Crippen LogP contribution in [0.5, 0.6) is 0 Å². The molecule has 3 heterocycles. The highest BCUT2D eigenvalue weighted by Gasteiger charge is 2.40. The first-order valence-corrected chi connectivity index (χ1v) is 9.49. The molecule has 27 heavy (non-hydrogen) atoms. The molecule has 2 amide bonds. The van der Waals surface area contributed by atoms with Crippen molar-refractivity contribution in [2.24, 2.45) is 0 Å². The molecule has 2 aromatic rings. The predicted octanol–water partition coefficient (Wildman–Crippen LogP) is 3.09. The number of hydrogen-bond donors (Lipinski definition) is 2. The van der Waals surface area contributed by atoms with Gasteiger partial charge in [-0.1, -0.05) is 28.4 Å². The van der Waals surface area contributed by atoms with E-state index in [2.05, 4.69) is 15.8 Å². The highest BCUT2D eigenvalue weighted by Crippen LogP contribution is 2.32. The number of nitrogens with zero attached hydrogens (tertiary/aromatic N) is 2. The third-order valence-corrected chi connectivity index (χ3v) is 5.45. The number of carbonyl (C=O) groups is 2. The molecule has 1 aromatic heterocycles. The highest BCUT2D eigenvalue weighted by molar-refractivity contribution is 6.31. The first kappa shape index (κ1) is 18.1. The third kappa shape index (κ3) is 3.75. The Labute approximate surface area is 166 Å². The molecule has 2 N–H and O–H groups in total. The van der Waals surface area contributed by atoms with E-state index in [-0.39, 0.29) is 17.0 Å². The van der Waals surface area contributed by atoms with E-state index in [1.54, 1.807) is 18.2 Å². The van der Waals surface area contributed by atoms with Gasteiger partial charge >= 0.3 is 0 Å². The molecule has 4 rings (SSSR count). The molecule has 7 nitrogen and oxygen atoms in total. The number of halogens is 2. The van der Waals surface area contributed by atoms with Crippen LogP contribution < -0.4 is 10.6 Å². The summed E-state index contributed by atoms with van der Waals surface area (Å²) in [4.78, 5) is 26.7. The SMILES string of the molecule is O=C1NC2(CCN(C(=O)CCc3cc(Cl)no3)CC2)Nc2ccc(Cl)cc21. The lowest BCUT2D eigenvalue weighted by atomic mass is 9.92. The van der Waals surface area contributed by atoms with E-state index in [4.69, 9.17) is 27.7 Å². The number of rotatable bonds is 3. The number of piperidine rings is 1. The molecule has 0 saturated carbocycles. The molecule has 1 aromatic carbocycles. The smallest absolute Gasteiger partial charge is 0.255 e. The van der Waals surface area contributed by atoms with Gasteiger partial charge in [0.25, 0.3) is 5.91 Å². The number of aromatic nitrogens is 1. The van der Waals surface area contributed by atoms with Crippen LogP contribution >= 0.6 is 23.2 Å². The summed E-state index contributed by atoms with van der Waals surface area (Å²) < 4.78 is 5.03. The quantitative estimate of drug-likeness (QED) is 0.814. The minimum absolute atomic E-state index is 0.0479. The summed E-state index contributed by atoms with van der Waals surface area (Å²) in [6.45, 7) is 1.12. The maximum Gasteiger partial charge on any atom is 0.255 e. The first-order valence-electron chi connectivity index (χ1n) is 8.73. The number of benzene rings is 1. The Morgan fingerprint density at radius 2 is 2.00 bits per heavy atom. The number of likely N-dealkylation sites (tertiary alicyclic amines) is 1. The zero-order chi connectivity index (χ0) is 19.0. The lowest BCUT2D eigenvalue weighted by molar-refractivity contribution is -0.132. The Bertz CT molecular complexity index is 890. The summed E-state index contributed by atoms with van der Waals surface area (Å²) in [6, 6.07) is 6.85. The lowest BCUT2D eigenvalue weighted by Gasteiger charge is -2.46. The summed E-state index contributed by atoms with van der Waals surface area (Å²) >= 11 is 11.7. The number of nitrogens with one attached hydrogen (secondary N) is 2. The Morgan fingerprint density at radius 1 is 1.22 bits per heavy atom. The van der Waals surface area contributed by atoms with Crippen molar-refractivity contribution in [2.45, 2.75) is 31.3 Å². The van der Waals surface area contributed by atoms with Crippen molar-refractivity contribution in [1.82, 2.24) is 15.4 Å². The Balaban J connectivity index is 1.36. The van der Waals surface area contributed by atoms with Crippen molar-refractivity contribution >= 4 is 40.7 Å². The number of anilines is 1. The second-order valence-corrected chi connectivity index (χ2v) is 7.67. The van der Waals surface area contributed by atoms with Gasteiger partial charge in [0.2, 0.25) is 5.91 Å². The maximum absolute atomic E-state index is 12.5. The zero-order valence-corrected chi connectivity index (χ0v) is 15.9. The van der Waals surface area contributed by atoms with Gasteiger partial charge in [0.05, 0.1) is 5.56 Å². The Hall–Kier alpha value is -2.25. The standard InChI is InChI=1S/C18H18Cl2N4O3/c19-11-1-3-14-13(9-11)17(26)22-18(21-14)5-7-24(8-6-18)16(25)4-2-12-10-15(20)23-27-12/h1,3,9-10,21H,2,4-8H2,(H,22,26). The Morgan fingerprint density at radius 3 is 2.70 bits per heavy atom. The van der Waals surface area contributed by atoms with Crippen LogP contribution in [-0.4, -0.2) is 40.6 Å². The molecule has 0 unspecified atom stereocenters. The molecular formula is C18H18Cl2N4O3. The van der Waals surface area contributed by atoms with Crippen LogP contribution in [0.15, 0.2) is 28.8 Å². The molecule has 0 bridgehead atoms. The largest absolute Gasteiger partial charge is 0.362 e. The average Bonchev–Trinajstić information content (AvgIpc) is 3.06. The molecule has 0 radical (unpaired) electrons. The molecule has 0 atom stereocenters. The van der Waals surface area contributed by atoms with E-state index < -0.39 is 5.66 Å². The molecular weight excluding hydrogens is 391 g/mol. The van der Waals surface area contributed by atoms with Crippen LogP contribution in [0.2, 0.25) is 10.2 Å². The molecule has 1 saturated heterocycles. The summed E-state index contributed by atoms with van der Waals surface area (Å²) in [5, 5.41) is 10.9. The monoisotopic (exact) mass is 408 g/mol. The topological polar surface area (TPSA) is 87.5 Å². The highest BCUT2D eigenvalue weighted by atomic mass is 35.5. The van der Waals surface area contributed by atoms with Crippen molar-refractivity contribution in [3.05, 3.63) is 45.8 Å². The van der Waals surface area contributed by atoms with Gasteiger partial charge in [-0.15, -0.1) is 0 Å². The predicted molar refractivity (Wildman–Crippen MR) is 101 cm³/mol. The molecule has 2 aliphatic rings. The number of amides is 2. The fourth-order valence-electron chi connectivity index (χ4n) is 3.57. The van der Waals surface area contributed by atoms with Crippen LogP contribution in [0.3, 0.4) is 0 Å². The maximum atomic E-state index is 12.5. The fraction of sp³-hybridized carbons (Fsp3) is 0.389. The van der Waals surface area contributed by atoms with E-state index in [0.29, 0.717) is 55.1 Å². The molecule has 1 fully saturated rings. The molecule has 1 spiro atoms. The second kappa shape index (κ2) is 7.05. The fourth-order valence-corrected chi connectivity index (χ4v) is 3.90.